The van der Waals surface area contributed by atoms with Gasteiger partial charge in [0.1, 0.15) is 0 Å². The van der Waals surface area contributed by atoms with Crippen LogP contribution < -0.4 is 5.32 Å². The monoisotopic (exact) mass is 437 g/mol. The Kier molecular flexibility index (Phi) is 6.80. The van der Waals surface area contributed by atoms with Gasteiger partial charge < -0.3 is 5.32 Å². The molecule has 2 heterocycles. The number of carbonyl (C=O) groups is 1. The SMILES string of the molecule is CCCCc1c(C)nc2nc(SCC(=O)Nc3cc(Cl)ccc3Cl)nn2c1C. The Labute approximate surface area is 178 Å². The highest BCUT2D eigenvalue weighted by Gasteiger charge is 2.15. The van der Waals surface area contributed by atoms with Crippen LogP contribution in [0.4, 0.5) is 5.69 Å². The minimum absolute atomic E-state index is 0.153. The van der Waals surface area contributed by atoms with Crippen LogP contribution in [0, 0.1) is 13.8 Å². The molecule has 0 fully saturated rings. The largest absolute Gasteiger partial charge is 0.324 e. The second-order valence-electron chi connectivity index (χ2n) is 6.43. The van der Waals surface area contributed by atoms with Crippen LogP contribution in [-0.2, 0) is 11.2 Å². The lowest BCUT2D eigenvalue weighted by Gasteiger charge is -2.09. The van der Waals surface area contributed by atoms with E-state index in [0.717, 1.165) is 30.7 Å². The summed E-state index contributed by atoms with van der Waals surface area (Å²) in [6.45, 7) is 6.20. The van der Waals surface area contributed by atoms with Crippen molar-refractivity contribution >= 4 is 52.3 Å². The van der Waals surface area contributed by atoms with Gasteiger partial charge in [0.15, 0.2) is 0 Å². The van der Waals surface area contributed by atoms with Crippen molar-refractivity contribution in [2.24, 2.45) is 0 Å². The van der Waals surface area contributed by atoms with E-state index in [1.807, 2.05) is 13.8 Å². The van der Waals surface area contributed by atoms with Crippen molar-refractivity contribution in [3.05, 3.63) is 45.2 Å². The molecule has 0 saturated carbocycles. The molecule has 3 aromatic rings. The first-order valence-corrected chi connectivity index (χ1v) is 10.7. The van der Waals surface area contributed by atoms with Gasteiger partial charge in [-0.2, -0.15) is 4.98 Å². The van der Waals surface area contributed by atoms with Crippen molar-refractivity contribution < 1.29 is 4.79 Å². The molecule has 0 aliphatic rings. The average molecular weight is 438 g/mol. The summed E-state index contributed by atoms with van der Waals surface area (Å²) >= 11 is 13.3. The molecule has 0 aliphatic heterocycles. The summed E-state index contributed by atoms with van der Waals surface area (Å²) in [7, 11) is 0. The van der Waals surface area contributed by atoms with Crippen molar-refractivity contribution in [3.63, 3.8) is 0 Å². The fourth-order valence-electron chi connectivity index (χ4n) is 2.88. The van der Waals surface area contributed by atoms with E-state index >= 15 is 0 Å². The van der Waals surface area contributed by atoms with Gasteiger partial charge in [0.25, 0.3) is 5.78 Å². The van der Waals surface area contributed by atoms with Crippen molar-refractivity contribution in [1.29, 1.82) is 0 Å². The topological polar surface area (TPSA) is 72.2 Å². The number of hydrogen-bond donors (Lipinski definition) is 1. The van der Waals surface area contributed by atoms with Crippen LogP contribution in [-0.4, -0.2) is 31.2 Å². The van der Waals surface area contributed by atoms with Crippen LogP contribution in [0.5, 0.6) is 0 Å². The number of thioether (sulfide) groups is 1. The Balaban J connectivity index is 1.71. The Morgan fingerprint density at radius 1 is 1.25 bits per heavy atom. The summed E-state index contributed by atoms with van der Waals surface area (Å²) < 4.78 is 1.76. The number of amides is 1. The number of carbonyl (C=O) groups excluding carboxylic acids is 1. The number of benzene rings is 1. The fourth-order valence-corrected chi connectivity index (χ4v) is 3.83. The molecule has 6 nitrogen and oxygen atoms in total. The molecule has 1 amide bonds. The lowest BCUT2D eigenvalue weighted by molar-refractivity contribution is -0.113. The molecule has 2 aromatic heterocycles. The Morgan fingerprint density at radius 2 is 2.04 bits per heavy atom. The van der Waals surface area contributed by atoms with Crippen molar-refractivity contribution in [3.8, 4) is 0 Å². The Morgan fingerprint density at radius 3 is 2.79 bits per heavy atom. The van der Waals surface area contributed by atoms with E-state index in [9.17, 15) is 4.79 Å². The van der Waals surface area contributed by atoms with Gasteiger partial charge in [0.2, 0.25) is 11.1 Å². The third-order valence-electron chi connectivity index (χ3n) is 4.34. The Bertz CT molecular complexity index is 1020. The van der Waals surface area contributed by atoms with Gasteiger partial charge in [-0.05, 0) is 50.5 Å². The molecule has 9 heteroatoms. The number of anilines is 1. The van der Waals surface area contributed by atoms with E-state index in [0.29, 0.717) is 26.7 Å². The molecule has 0 spiro atoms. The van der Waals surface area contributed by atoms with Gasteiger partial charge in [-0.3, -0.25) is 4.79 Å². The van der Waals surface area contributed by atoms with Gasteiger partial charge in [0, 0.05) is 16.4 Å². The molecule has 1 aromatic carbocycles. The molecule has 1 N–H and O–H groups in total. The quantitative estimate of drug-likeness (QED) is 0.519. The molecule has 0 radical (unpaired) electrons. The van der Waals surface area contributed by atoms with Crippen LogP contribution in [0.2, 0.25) is 10.0 Å². The first-order valence-electron chi connectivity index (χ1n) is 8.99. The van der Waals surface area contributed by atoms with Crippen LogP contribution in [0.15, 0.2) is 23.4 Å². The van der Waals surface area contributed by atoms with Gasteiger partial charge in [-0.15, -0.1) is 5.10 Å². The molecular weight excluding hydrogens is 417 g/mol. The molecule has 0 unspecified atom stereocenters. The number of aryl methyl sites for hydroxylation is 2. The standard InChI is InChI=1S/C19H21Cl2N5OS/c1-4-5-6-14-11(2)22-18-24-19(25-26(18)12(14)3)28-10-17(27)23-16-9-13(20)7-8-15(16)21/h7-9H,4-6,10H2,1-3H3,(H,23,27). The highest BCUT2D eigenvalue weighted by atomic mass is 35.5. The number of nitrogens with zero attached hydrogens (tertiary/aromatic N) is 4. The van der Waals surface area contributed by atoms with Crippen molar-refractivity contribution in [1.82, 2.24) is 19.6 Å². The molecule has 148 valence electrons. The number of hydrogen-bond acceptors (Lipinski definition) is 5. The third kappa shape index (κ3) is 4.77. The van der Waals surface area contributed by atoms with E-state index < -0.39 is 0 Å². The van der Waals surface area contributed by atoms with Gasteiger partial charge in [0.05, 0.1) is 16.5 Å². The first kappa shape index (κ1) is 20.9. The van der Waals surface area contributed by atoms with Crippen LogP contribution in [0.3, 0.4) is 0 Å². The highest BCUT2D eigenvalue weighted by Crippen LogP contribution is 2.26. The minimum atomic E-state index is -0.211. The number of nitrogens with one attached hydrogen (secondary N) is 1. The van der Waals surface area contributed by atoms with Crippen molar-refractivity contribution in [2.75, 3.05) is 11.1 Å². The van der Waals surface area contributed by atoms with Gasteiger partial charge in [-0.25, -0.2) is 9.50 Å². The summed E-state index contributed by atoms with van der Waals surface area (Å²) in [6.07, 6.45) is 3.21. The normalized spacial score (nSPS) is 11.2. The number of fused-ring (bicyclic) bond motifs is 1. The summed E-state index contributed by atoms with van der Waals surface area (Å²) in [5.74, 6) is 0.494. The predicted octanol–water partition coefficient (Wildman–Crippen LogP) is 5.12. The Hall–Kier alpha value is -1.83. The van der Waals surface area contributed by atoms with Gasteiger partial charge in [-0.1, -0.05) is 48.3 Å². The summed E-state index contributed by atoms with van der Waals surface area (Å²) in [4.78, 5) is 21.3. The summed E-state index contributed by atoms with van der Waals surface area (Å²) in [5, 5.41) is 8.71. The number of rotatable bonds is 7. The van der Waals surface area contributed by atoms with Crippen molar-refractivity contribution in [2.45, 2.75) is 45.2 Å². The maximum absolute atomic E-state index is 12.2. The number of aromatic nitrogens is 4. The smallest absolute Gasteiger partial charge is 0.253 e. The lowest BCUT2D eigenvalue weighted by Crippen LogP contribution is -2.14. The summed E-state index contributed by atoms with van der Waals surface area (Å²) in [5.41, 5.74) is 3.72. The molecule has 3 rings (SSSR count). The van der Waals surface area contributed by atoms with Crippen LogP contribution in [0.25, 0.3) is 5.78 Å². The lowest BCUT2D eigenvalue weighted by atomic mass is 10.1. The summed E-state index contributed by atoms with van der Waals surface area (Å²) in [6, 6.07) is 4.92. The van der Waals surface area contributed by atoms with E-state index in [1.54, 1.807) is 22.7 Å². The molecular formula is C19H21Cl2N5OS. The van der Waals surface area contributed by atoms with E-state index in [1.165, 1.54) is 17.3 Å². The predicted molar refractivity (Wildman–Crippen MR) is 115 cm³/mol. The zero-order valence-electron chi connectivity index (χ0n) is 15.9. The van der Waals surface area contributed by atoms with Crippen LogP contribution >= 0.6 is 35.0 Å². The average Bonchev–Trinajstić information content (AvgIpc) is 3.06. The zero-order valence-corrected chi connectivity index (χ0v) is 18.3. The maximum atomic E-state index is 12.2. The highest BCUT2D eigenvalue weighted by molar-refractivity contribution is 7.99. The molecule has 0 bridgehead atoms. The molecule has 0 atom stereocenters. The maximum Gasteiger partial charge on any atom is 0.253 e. The fraction of sp³-hybridized carbons (Fsp3) is 0.368. The minimum Gasteiger partial charge on any atom is -0.324 e. The zero-order chi connectivity index (χ0) is 20.3. The second-order valence-corrected chi connectivity index (χ2v) is 8.22. The number of unbranched alkanes of at least 4 members (excludes halogenated alkanes) is 1. The van der Waals surface area contributed by atoms with Crippen LogP contribution in [0.1, 0.15) is 36.7 Å². The van der Waals surface area contributed by atoms with Gasteiger partial charge >= 0.3 is 0 Å². The van der Waals surface area contributed by atoms with E-state index in [-0.39, 0.29) is 11.7 Å². The molecule has 28 heavy (non-hydrogen) atoms. The third-order valence-corrected chi connectivity index (χ3v) is 5.75. The van der Waals surface area contributed by atoms with E-state index in [2.05, 4.69) is 27.3 Å². The second kappa shape index (κ2) is 9.11. The first-order chi connectivity index (χ1) is 13.4. The molecule has 0 aliphatic carbocycles. The van der Waals surface area contributed by atoms with E-state index in [4.69, 9.17) is 23.2 Å². The number of halogens is 2. The molecule has 0 saturated heterocycles.